The number of hydrogen-bond donors (Lipinski definition) is 1. The van der Waals surface area contributed by atoms with Crippen LogP contribution in [0.2, 0.25) is 0 Å². The maximum absolute atomic E-state index is 13.9. The van der Waals surface area contributed by atoms with Gasteiger partial charge in [-0.3, -0.25) is 0 Å². The minimum atomic E-state index is -5.82. The molecule has 0 amide bonds. The number of halogens is 7. The van der Waals surface area contributed by atoms with Crippen LogP contribution < -0.4 is 4.74 Å². The maximum Gasteiger partial charge on any atom is 0.430 e. The quantitative estimate of drug-likeness (QED) is 0.229. The predicted octanol–water partition coefficient (Wildman–Crippen LogP) is 5.86. The maximum atomic E-state index is 13.9. The van der Waals surface area contributed by atoms with E-state index in [2.05, 4.69) is 14.5 Å². The molecule has 0 spiro atoms. The van der Waals surface area contributed by atoms with Crippen LogP contribution in [-0.2, 0) is 28.1 Å². The number of aliphatic hydroxyl groups excluding tert-OH is 1. The van der Waals surface area contributed by atoms with Crippen molar-refractivity contribution in [2.24, 2.45) is 0 Å². The van der Waals surface area contributed by atoms with Gasteiger partial charge in [0.15, 0.2) is 0 Å². The number of alkyl halides is 6. The molecular formula is C20H20F6INO4. The molecule has 0 aliphatic carbocycles. The van der Waals surface area contributed by atoms with Gasteiger partial charge >= 0.3 is 12.4 Å². The van der Waals surface area contributed by atoms with Gasteiger partial charge in [0.25, 0.3) is 5.60 Å². The molecule has 0 radical (unpaired) electrons. The molecule has 0 aliphatic rings. The first kappa shape index (κ1) is 26.6. The highest BCUT2D eigenvalue weighted by Crippen LogP contribution is 2.54. The average Bonchev–Trinajstić information content (AvgIpc) is 2.69. The van der Waals surface area contributed by atoms with E-state index in [1.165, 1.54) is 12.3 Å². The molecule has 0 saturated carbocycles. The lowest BCUT2D eigenvalue weighted by Crippen LogP contribution is -2.56. The normalized spacial score (nSPS) is 12.8. The Kier molecular flexibility index (Phi) is 8.76. The average molecular weight is 579 g/mol. The second-order valence-electron chi connectivity index (χ2n) is 6.67. The number of hydrogen-bond acceptors (Lipinski definition) is 5. The van der Waals surface area contributed by atoms with Crippen LogP contribution in [0.1, 0.15) is 30.0 Å². The van der Waals surface area contributed by atoms with Crippen LogP contribution in [0.15, 0.2) is 30.5 Å². The van der Waals surface area contributed by atoms with Crippen LogP contribution >= 0.6 is 22.6 Å². The summed E-state index contributed by atoms with van der Waals surface area (Å²) in [7, 11) is 0.927. The highest BCUT2D eigenvalue weighted by molar-refractivity contribution is 14.1. The summed E-state index contributed by atoms with van der Waals surface area (Å²) < 4.78 is 98.3. The summed E-state index contributed by atoms with van der Waals surface area (Å²) in [4.78, 5) is 4.01. The molecule has 12 heteroatoms. The zero-order valence-corrected chi connectivity index (χ0v) is 19.1. The predicted molar refractivity (Wildman–Crippen MR) is 110 cm³/mol. The number of aryl methyl sites for hydroxylation is 1. The van der Waals surface area contributed by atoms with E-state index in [1.54, 1.807) is 6.92 Å². The van der Waals surface area contributed by atoms with Crippen molar-refractivity contribution >= 4 is 22.6 Å². The van der Waals surface area contributed by atoms with E-state index in [4.69, 9.17) is 4.74 Å². The Morgan fingerprint density at radius 1 is 1.03 bits per heavy atom. The van der Waals surface area contributed by atoms with Crippen LogP contribution in [0.5, 0.6) is 11.6 Å². The third-order valence-corrected chi connectivity index (χ3v) is 5.44. The number of aliphatic hydroxyl groups is 1. The smallest absolute Gasteiger partial charge is 0.430 e. The fourth-order valence-electron chi connectivity index (χ4n) is 3.06. The first-order valence-corrected chi connectivity index (χ1v) is 10.3. The molecule has 0 unspecified atom stereocenters. The van der Waals surface area contributed by atoms with E-state index in [9.17, 15) is 31.4 Å². The number of aromatic nitrogens is 1. The Bertz CT molecular complexity index is 906. The molecule has 2 rings (SSSR count). The van der Waals surface area contributed by atoms with Crippen molar-refractivity contribution in [1.82, 2.24) is 4.98 Å². The van der Waals surface area contributed by atoms with Crippen LogP contribution in [0.4, 0.5) is 26.3 Å². The molecule has 0 saturated heterocycles. The third-order valence-electron chi connectivity index (χ3n) is 4.47. The molecule has 2 aromatic rings. The van der Waals surface area contributed by atoms with Gasteiger partial charge < -0.3 is 19.3 Å². The largest absolute Gasteiger partial charge is 0.439 e. The summed E-state index contributed by atoms with van der Waals surface area (Å²) in [5.74, 6) is 0.0120. The van der Waals surface area contributed by atoms with Gasteiger partial charge in [-0.05, 0) is 52.3 Å². The molecule has 1 heterocycles. The topological polar surface area (TPSA) is 60.8 Å². The highest BCUT2D eigenvalue weighted by Gasteiger charge is 2.74. The molecule has 5 nitrogen and oxygen atoms in total. The highest BCUT2D eigenvalue weighted by atomic mass is 127. The molecule has 0 fully saturated rings. The van der Waals surface area contributed by atoms with E-state index in [0.29, 0.717) is 15.2 Å². The van der Waals surface area contributed by atoms with Crippen molar-refractivity contribution in [2.45, 2.75) is 44.3 Å². The van der Waals surface area contributed by atoms with Crippen LogP contribution in [0, 0.1) is 3.57 Å². The number of pyridine rings is 1. The van der Waals surface area contributed by atoms with E-state index in [1.807, 2.05) is 22.6 Å². The Morgan fingerprint density at radius 2 is 1.69 bits per heavy atom. The Balaban J connectivity index is 2.61. The fraction of sp³-hybridized carbons (Fsp3) is 0.450. The van der Waals surface area contributed by atoms with E-state index in [-0.39, 0.29) is 36.6 Å². The number of ether oxygens (including phenoxy) is 3. The van der Waals surface area contributed by atoms with Gasteiger partial charge in [-0.1, -0.05) is 19.4 Å². The molecule has 0 atom stereocenters. The lowest BCUT2D eigenvalue weighted by molar-refractivity contribution is -0.400. The monoisotopic (exact) mass is 579 g/mol. The summed E-state index contributed by atoms with van der Waals surface area (Å²) in [6.07, 6.45) is -10.0. The zero-order chi connectivity index (χ0) is 24.2. The molecule has 0 aliphatic heterocycles. The standard InChI is InChI=1S/C20H20F6INO4/c1-3-4-12-7-14(32-17-8-13(10-29)16(27)9-28-17)5-6-15(12)18(19(21,22)23,20(24,25)26)31-11-30-2/h5-9,29H,3-4,10-11H2,1-2H3. The van der Waals surface area contributed by atoms with Gasteiger partial charge in [0.1, 0.15) is 12.5 Å². The van der Waals surface area contributed by atoms with Gasteiger partial charge in [0, 0.05) is 28.5 Å². The second-order valence-corrected chi connectivity index (χ2v) is 7.83. The SMILES string of the molecule is CCCc1cc(Oc2cc(CO)c(I)cn2)ccc1C(OCOC)(C(F)(F)F)C(F)(F)F. The molecule has 1 aromatic heterocycles. The summed E-state index contributed by atoms with van der Waals surface area (Å²) in [6, 6.07) is 4.19. The first-order valence-electron chi connectivity index (χ1n) is 9.24. The molecule has 0 bridgehead atoms. The number of methoxy groups -OCH3 is 1. The van der Waals surface area contributed by atoms with Gasteiger partial charge in [0.05, 0.1) is 6.61 Å². The van der Waals surface area contributed by atoms with Crippen molar-refractivity contribution in [2.75, 3.05) is 13.9 Å². The molecule has 32 heavy (non-hydrogen) atoms. The number of nitrogens with zero attached hydrogens (tertiary/aromatic N) is 1. The van der Waals surface area contributed by atoms with Gasteiger partial charge in [-0.2, -0.15) is 26.3 Å². The second kappa shape index (κ2) is 10.5. The van der Waals surface area contributed by atoms with Crippen LogP contribution in [0.25, 0.3) is 0 Å². The van der Waals surface area contributed by atoms with E-state index < -0.39 is 30.3 Å². The van der Waals surface area contributed by atoms with Gasteiger partial charge in [-0.25, -0.2) is 4.98 Å². The minimum absolute atomic E-state index is 0.0141. The summed E-state index contributed by atoms with van der Waals surface area (Å²) in [5.41, 5.74) is -5.41. The fourth-order valence-corrected chi connectivity index (χ4v) is 3.53. The Morgan fingerprint density at radius 3 is 2.22 bits per heavy atom. The van der Waals surface area contributed by atoms with Crippen molar-refractivity contribution in [3.8, 4) is 11.6 Å². The third kappa shape index (κ3) is 5.46. The minimum Gasteiger partial charge on any atom is -0.439 e. The molecule has 1 N–H and O–H groups in total. The lowest BCUT2D eigenvalue weighted by Gasteiger charge is -2.38. The molecule has 178 valence electrons. The van der Waals surface area contributed by atoms with Crippen molar-refractivity contribution < 1.29 is 45.7 Å². The molecule has 1 aromatic carbocycles. The van der Waals surface area contributed by atoms with Gasteiger partial charge in [-0.15, -0.1) is 0 Å². The molecular weight excluding hydrogens is 559 g/mol. The number of benzene rings is 1. The summed E-state index contributed by atoms with van der Waals surface area (Å²) in [5, 5.41) is 9.35. The Hall–Kier alpha value is -1.64. The van der Waals surface area contributed by atoms with Crippen LogP contribution in [0.3, 0.4) is 0 Å². The van der Waals surface area contributed by atoms with Crippen molar-refractivity contribution in [3.05, 3.63) is 50.7 Å². The zero-order valence-electron chi connectivity index (χ0n) is 17.0. The van der Waals surface area contributed by atoms with Crippen molar-refractivity contribution in [3.63, 3.8) is 0 Å². The van der Waals surface area contributed by atoms with E-state index >= 15 is 0 Å². The first-order chi connectivity index (χ1) is 14.9. The summed E-state index contributed by atoms with van der Waals surface area (Å²) >= 11 is 1.95. The lowest BCUT2D eigenvalue weighted by atomic mass is 9.86. The van der Waals surface area contributed by atoms with Gasteiger partial charge in [0.2, 0.25) is 5.88 Å². The number of rotatable bonds is 9. The van der Waals surface area contributed by atoms with Crippen LogP contribution in [-0.4, -0.2) is 36.3 Å². The Labute approximate surface area is 193 Å². The van der Waals surface area contributed by atoms with E-state index in [0.717, 1.165) is 19.2 Å². The summed E-state index contributed by atoms with van der Waals surface area (Å²) in [6.45, 7) is 0.0947. The van der Waals surface area contributed by atoms with Crippen molar-refractivity contribution in [1.29, 1.82) is 0 Å².